The minimum absolute atomic E-state index is 0.0457. The summed E-state index contributed by atoms with van der Waals surface area (Å²) in [4.78, 5) is 21.7. The van der Waals surface area contributed by atoms with Crippen LogP contribution in [0, 0.1) is 6.92 Å². The van der Waals surface area contributed by atoms with Crippen molar-refractivity contribution in [2.45, 2.75) is 24.1 Å². The Kier molecular flexibility index (Phi) is 4.77. The number of nitrogens with one attached hydrogen (secondary N) is 1. The van der Waals surface area contributed by atoms with Crippen molar-refractivity contribution >= 4 is 45.0 Å². The Labute approximate surface area is 162 Å². The van der Waals surface area contributed by atoms with E-state index in [1.54, 1.807) is 0 Å². The number of thioether (sulfide) groups is 1. The summed E-state index contributed by atoms with van der Waals surface area (Å²) >= 11 is 1.46. The molecule has 0 aliphatic heterocycles. The molecule has 4 aromatic rings. The van der Waals surface area contributed by atoms with Gasteiger partial charge in [0.1, 0.15) is 10.9 Å². The minimum Gasteiger partial charge on any atom is -0.325 e. The molecule has 1 N–H and O–H groups in total. The molecule has 1 atom stereocenters. The van der Waals surface area contributed by atoms with Gasteiger partial charge in [-0.25, -0.2) is 9.97 Å². The van der Waals surface area contributed by atoms with E-state index in [1.807, 2.05) is 74.5 Å². The Hall–Kier alpha value is -2.92. The maximum absolute atomic E-state index is 12.7. The number of aryl methyl sites for hydroxylation is 1. The number of carbonyl (C=O) groups is 1. The van der Waals surface area contributed by atoms with E-state index < -0.39 is 0 Å². The quantitative estimate of drug-likeness (QED) is 0.394. The van der Waals surface area contributed by atoms with Crippen LogP contribution in [0.3, 0.4) is 0 Å². The third-order valence-electron chi connectivity index (χ3n) is 4.35. The highest BCUT2D eigenvalue weighted by Crippen LogP contribution is 2.29. The Morgan fingerprint density at radius 3 is 2.56 bits per heavy atom. The molecule has 0 radical (unpaired) electrons. The van der Waals surface area contributed by atoms with Gasteiger partial charge in [0.05, 0.1) is 10.8 Å². The summed E-state index contributed by atoms with van der Waals surface area (Å²) in [6.45, 7) is 3.77. The van der Waals surface area contributed by atoms with Gasteiger partial charge in [0.2, 0.25) is 5.91 Å². The number of nitrogens with zero attached hydrogens (tertiary/aromatic N) is 2. The average molecular weight is 373 g/mol. The normalized spacial score (nSPS) is 12.2. The maximum atomic E-state index is 12.7. The van der Waals surface area contributed by atoms with Crippen molar-refractivity contribution in [3.05, 3.63) is 72.6 Å². The number of hydrogen-bond donors (Lipinski definition) is 1. The highest BCUT2D eigenvalue weighted by molar-refractivity contribution is 8.00. The number of amides is 1. The highest BCUT2D eigenvalue weighted by atomic mass is 32.2. The standard InChI is InChI=1S/C22H19N3OS/c1-14(27-22-19-9-5-6-10-20(19)23-15(2)24-22)21(26)25-18-12-11-16-7-3-4-8-17(16)13-18/h3-14H,1-2H3,(H,25,26)/t14-/m1/s1. The topological polar surface area (TPSA) is 54.9 Å². The van der Waals surface area contributed by atoms with E-state index in [1.165, 1.54) is 11.8 Å². The highest BCUT2D eigenvalue weighted by Gasteiger charge is 2.17. The number of aromatic nitrogens is 2. The first-order valence-corrected chi connectivity index (χ1v) is 9.68. The molecule has 5 heteroatoms. The number of anilines is 1. The molecule has 1 amide bonds. The number of carbonyl (C=O) groups excluding carboxylic acids is 1. The molecule has 1 heterocycles. The minimum atomic E-state index is -0.283. The van der Waals surface area contributed by atoms with E-state index in [9.17, 15) is 4.79 Å². The van der Waals surface area contributed by atoms with Gasteiger partial charge in [-0.15, -0.1) is 0 Å². The van der Waals surface area contributed by atoms with Gasteiger partial charge in [0.15, 0.2) is 0 Å². The lowest BCUT2D eigenvalue weighted by Gasteiger charge is -2.13. The number of benzene rings is 3. The fourth-order valence-electron chi connectivity index (χ4n) is 2.98. The zero-order valence-electron chi connectivity index (χ0n) is 15.1. The maximum Gasteiger partial charge on any atom is 0.237 e. The molecule has 134 valence electrons. The third kappa shape index (κ3) is 3.78. The van der Waals surface area contributed by atoms with Crippen LogP contribution < -0.4 is 5.32 Å². The van der Waals surface area contributed by atoms with Crippen LogP contribution in [0.4, 0.5) is 5.69 Å². The van der Waals surface area contributed by atoms with E-state index in [0.29, 0.717) is 5.82 Å². The van der Waals surface area contributed by atoms with Gasteiger partial charge in [-0.2, -0.15) is 0 Å². The average Bonchev–Trinajstić information content (AvgIpc) is 2.67. The molecule has 3 aromatic carbocycles. The molecule has 0 spiro atoms. The summed E-state index contributed by atoms with van der Waals surface area (Å²) in [6, 6.07) is 21.9. The Bertz CT molecular complexity index is 1140. The van der Waals surface area contributed by atoms with Crippen molar-refractivity contribution in [1.29, 1.82) is 0 Å². The van der Waals surface area contributed by atoms with Gasteiger partial charge in [0, 0.05) is 11.1 Å². The second-order valence-electron chi connectivity index (χ2n) is 6.40. The van der Waals surface area contributed by atoms with Gasteiger partial charge in [-0.3, -0.25) is 4.79 Å². The summed E-state index contributed by atoms with van der Waals surface area (Å²) in [7, 11) is 0. The molecular formula is C22H19N3OS. The van der Waals surface area contributed by atoms with E-state index in [0.717, 1.165) is 32.4 Å². The largest absolute Gasteiger partial charge is 0.325 e. The summed E-state index contributed by atoms with van der Waals surface area (Å²) in [6.07, 6.45) is 0. The van der Waals surface area contributed by atoms with E-state index in [-0.39, 0.29) is 11.2 Å². The molecule has 4 nitrogen and oxygen atoms in total. The summed E-state index contributed by atoms with van der Waals surface area (Å²) in [5.74, 6) is 0.661. The molecule has 0 aliphatic rings. The number of hydrogen-bond acceptors (Lipinski definition) is 4. The summed E-state index contributed by atoms with van der Waals surface area (Å²) in [5, 5.41) is 6.79. The molecule has 27 heavy (non-hydrogen) atoms. The molecule has 0 unspecified atom stereocenters. The first-order valence-electron chi connectivity index (χ1n) is 8.80. The van der Waals surface area contributed by atoms with Crippen LogP contribution in [-0.4, -0.2) is 21.1 Å². The second-order valence-corrected chi connectivity index (χ2v) is 7.73. The smallest absolute Gasteiger partial charge is 0.237 e. The van der Waals surface area contributed by atoms with Crippen LogP contribution >= 0.6 is 11.8 Å². The van der Waals surface area contributed by atoms with Crippen LogP contribution in [0.2, 0.25) is 0 Å². The van der Waals surface area contributed by atoms with E-state index >= 15 is 0 Å². The molecule has 0 saturated heterocycles. The van der Waals surface area contributed by atoms with E-state index in [2.05, 4.69) is 21.4 Å². The van der Waals surface area contributed by atoms with Gasteiger partial charge in [-0.1, -0.05) is 60.3 Å². The molecule has 0 aliphatic carbocycles. The molecule has 0 fully saturated rings. The number of para-hydroxylation sites is 1. The zero-order chi connectivity index (χ0) is 18.8. The lowest BCUT2D eigenvalue weighted by molar-refractivity contribution is -0.115. The van der Waals surface area contributed by atoms with Gasteiger partial charge in [-0.05, 0) is 42.8 Å². The second kappa shape index (κ2) is 7.37. The third-order valence-corrected chi connectivity index (χ3v) is 5.46. The van der Waals surface area contributed by atoms with E-state index in [4.69, 9.17) is 0 Å². The first kappa shape index (κ1) is 17.5. The van der Waals surface area contributed by atoms with Crippen molar-refractivity contribution in [1.82, 2.24) is 9.97 Å². The lowest BCUT2D eigenvalue weighted by Crippen LogP contribution is -2.22. The number of rotatable bonds is 4. The molecule has 1 aromatic heterocycles. The number of fused-ring (bicyclic) bond motifs is 2. The fraction of sp³-hybridized carbons (Fsp3) is 0.136. The van der Waals surface area contributed by atoms with Crippen molar-refractivity contribution in [2.75, 3.05) is 5.32 Å². The van der Waals surface area contributed by atoms with Crippen molar-refractivity contribution in [3.8, 4) is 0 Å². The fourth-order valence-corrected chi connectivity index (χ4v) is 3.97. The van der Waals surface area contributed by atoms with Crippen LogP contribution in [0.1, 0.15) is 12.7 Å². The predicted molar refractivity (Wildman–Crippen MR) is 112 cm³/mol. The lowest BCUT2D eigenvalue weighted by atomic mass is 10.1. The summed E-state index contributed by atoms with van der Waals surface area (Å²) < 4.78 is 0. The van der Waals surface area contributed by atoms with Crippen LogP contribution in [0.5, 0.6) is 0 Å². The van der Waals surface area contributed by atoms with Crippen LogP contribution in [-0.2, 0) is 4.79 Å². The molecular weight excluding hydrogens is 354 g/mol. The van der Waals surface area contributed by atoms with Gasteiger partial charge in [0.25, 0.3) is 0 Å². The van der Waals surface area contributed by atoms with Gasteiger partial charge < -0.3 is 5.32 Å². The van der Waals surface area contributed by atoms with Crippen molar-refractivity contribution < 1.29 is 4.79 Å². The molecule has 4 rings (SSSR count). The first-order chi connectivity index (χ1) is 13.1. The Morgan fingerprint density at radius 1 is 0.963 bits per heavy atom. The molecule has 0 saturated carbocycles. The zero-order valence-corrected chi connectivity index (χ0v) is 16.0. The molecule has 0 bridgehead atoms. The Balaban J connectivity index is 1.54. The van der Waals surface area contributed by atoms with Crippen LogP contribution in [0.25, 0.3) is 21.7 Å². The SMILES string of the molecule is Cc1nc(S[C@H](C)C(=O)Nc2ccc3ccccc3c2)c2ccccc2n1. The predicted octanol–water partition coefficient (Wildman–Crippen LogP) is 5.21. The summed E-state index contributed by atoms with van der Waals surface area (Å²) in [5.41, 5.74) is 1.70. The van der Waals surface area contributed by atoms with Crippen LogP contribution in [0.15, 0.2) is 71.8 Å². The van der Waals surface area contributed by atoms with Crippen molar-refractivity contribution in [3.63, 3.8) is 0 Å². The van der Waals surface area contributed by atoms with Gasteiger partial charge >= 0.3 is 0 Å². The van der Waals surface area contributed by atoms with Crippen molar-refractivity contribution in [2.24, 2.45) is 0 Å². The monoisotopic (exact) mass is 373 g/mol. The Morgan fingerprint density at radius 2 is 1.70 bits per heavy atom.